The third-order valence-electron chi connectivity index (χ3n) is 2.11. The molecule has 0 radical (unpaired) electrons. The van der Waals surface area contributed by atoms with Crippen molar-refractivity contribution in [3.05, 3.63) is 0 Å². The van der Waals surface area contributed by atoms with Crippen molar-refractivity contribution in [1.82, 2.24) is 20.2 Å². The van der Waals surface area contributed by atoms with Gasteiger partial charge in [-0.2, -0.15) is 0 Å². The van der Waals surface area contributed by atoms with Crippen LogP contribution in [0.2, 0.25) is 0 Å². The molecule has 1 rings (SSSR count). The molecular weight excluding hydrogens is 190 g/mol. The molecule has 0 spiro atoms. The van der Waals surface area contributed by atoms with Crippen LogP contribution >= 0.6 is 11.6 Å². The monoisotopic (exact) mass is 203 g/mol. The number of aromatic nitrogens is 4. The molecule has 1 aromatic rings. The lowest BCUT2D eigenvalue weighted by Crippen LogP contribution is -2.37. The zero-order valence-electron chi connectivity index (χ0n) is 8.08. The standard InChI is InChI=1S/C7H14ClN5/c1-4-7(2,5-8)9-6-10-11-12-13(6)3/h4-5H2,1-3H3,(H,9,10,12). The quantitative estimate of drug-likeness (QED) is 0.743. The third kappa shape index (κ3) is 2.30. The summed E-state index contributed by atoms with van der Waals surface area (Å²) in [5.41, 5.74) is -0.149. The van der Waals surface area contributed by atoms with Crippen molar-refractivity contribution in [2.75, 3.05) is 11.2 Å². The number of anilines is 1. The minimum atomic E-state index is -0.149. The minimum Gasteiger partial charge on any atom is -0.347 e. The molecule has 0 aliphatic heterocycles. The van der Waals surface area contributed by atoms with E-state index in [2.05, 4.69) is 27.8 Å². The molecule has 0 bridgehead atoms. The van der Waals surface area contributed by atoms with E-state index in [4.69, 9.17) is 11.6 Å². The maximum atomic E-state index is 5.84. The number of rotatable bonds is 4. The molecule has 1 N–H and O–H groups in total. The highest BCUT2D eigenvalue weighted by Crippen LogP contribution is 2.16. The number of nitrogens with one attached hydrogen (secondary N) is 1. The molecule has 0 aliphatic carbocycles. The molecular formula is C7H14ClN5. The molecule has 5 nitrogen and oxygen atoms in total. The second-order valence-corrected chi connectivity index (χ2v) is 3.57. The van der Waals surface area contributed by atoms with Gasteiger partial charge in [0.05, 0.1) is 5.54 Å². The topological polar surface area (TPSA) is 55.6 Å². The number of halogens is 1. The summed E-state index contributed by atoms with van der Waals surface area (Å²) in [6.45, 7) is 4.11. The van der Waals surface area contributed by atoms with Crippen molar-refractivity contribution in [3.8, 4) is 0 Å². The molecule has 1 heterocycles. The van der Waals surface area contributed by atoms with Crippen molar-refractivity contribution in [2.45, 2.75) is 25.8 Å². The highest BCUT2D eigenvalue weighted by Gasteiger charge is 2.22. The van der Waals surface area contributed by atoms with Crippen LogP contribution in [0.15, 0.2) is 0 Å². The minimum absolute atomic E-state index is 0.149. The number of hydrogen-bond acceptors (Lipinski definition) is 4. The van der Waals surface area contributed by atoms with Crippen molar-refractivity contribution < 1.29 is 0 Å². The van der Waals surface area contributed by atoms with Crippen LogP contribution in [0, 0.1) is 0 Å². The Bertz CT molecular complexity index is 268. The van der Waals surface area contributed by atoms with Crippen LogP contribution in [0.4, 0.5) is 5.95 Å². The zero-order valence-corrected chi connectivity index (χ0v) is 8.84. The first kappa shape index (κ1) is 10.2. The van der Waals surface area contributed by atoms with Gasteiger partial charge in [-0.05, 0) is 23.8 Å². The summed E-state index contributed by atoms with van der Waals surface area (Å²) in [5.74, 6) is 1.17. The molecule has 13 heavy (non-hydrogen) atoms. The Labute approximate surface area is 82.5 Å². The predicted octanol–water partition coefficient (Wildman–Crippen LogP) is 1.03. The van der Waals surface area contributed by atoms with E-state index in [0.717, 1.165) is 6.42 Å². The molecule has 0 aliphatic rings. The van der Waals surface area contributed by atoms with Crippen molar-refractivity contribution >= 4 is 17.5 Å². The van der Waals surface area contributed by atoms with E-state index in [9.17, 15) is 0 Å². The van der Waals surface area contributed by atoms with Gasteiger partial charge in [-0.25, -0.2) is 4.68 Å². The second-order valence-electron chi connectivity index (χ2n) is 3.30. The Morgan fingerprint density at radius 3 is 2.69 bits per heavy atom. The van der Waals surface area contributed by atoms with Crippen molar-refractivity contribution in [2.24, 2.45) is 7.05 Å². The SMILES string of the molecule is CCC(C)(CCl)Nc1nnnn1C. The van der Waals surface area contributed by atoms with Crippen LogP contribution in [-0.2, 0) is 7.05 Å². The van der Waals surface area contributed by atoms with E-state index in [-0.39, 0.29) is 5.54 Å². The highest BCUT2D eigenvalue weighted by molar-refractivity contribution is 6.18. The van der Waals surface area contributed by atoms with Gasteiger partial charge in [-0.15, -0.1) is 11.6 Å². The van der Waals surface area contributed by atoms with Gasteiger partial charge in [-0.1, -0.05) is 12.0 Å². The predicted molar refractivity (Wildman–Crippen MR) is 51.8 cm³/mol. The molecule has 0 aromatic carbocycles. The van der Waals surface area contributed by atoms with Crippen LogP contribution in [0.1, 0.15) is 20.3 Å². The number of tetrazole rings is 1. The summed E-state index contributed by atoms with van der Waals surface area (Å²) in [6, 6.07) is 0. The lowest BCUT2D eigenvalue weighted by atomic mass is 10.0. The maximum absolute atomic E-state index is 5.84. The zero-order chi connectivity index (χ0) is 9.90. The first-order valence-electron chi connectivity index (χ1n) is 4.18. The van der Waals surface area contributed by atoms with E-state index >= 15 is 0 Å². The van der Waals surface area contributed by atoms with Crippen molar-refractivity contribution in [1.29, 1.82) is 0 Å². The average Bonchev–Trinajstić information content (AvgIpc) is 2.52. The largest absolute Gasteiger partial charge is 0.347 e. The summed E-state index contributed by atoms with van der Waals surface area (Å²) in [6.07, 6.45) is 0.920. The van der Waals surface area contributed by atoms with Gasteiger partial charge in [0.25, 0.3) is 0 Å². The molecule has 1 unspecified atom stereocenters. The fraction of sp³-hybridized carbons (Fsp3) is 0.857. The number of alkyl halides is 1. The Balaban J connectivity index is 2.73. The lowest BCUT2D eigenvalue weighted by molar-refractivity contribution is 0.542. The molecule has 1 atom stereocenters. The Morgan fingerprint density at radius 1 is 1.62 bits per heavy atom. The van der Waals surface area contributed by atoms with Gasteiger partial charge in [0.2, 0.25) is 5.95 Å². The molecule has 0 amide bonds. The first-order valence-corrected chi connectivity index (χ1v) is 4.71. The van der Waals surface area contributed by atoms with Gasteiger partial charge in [0.1, 0.15) is 0 Å². The number of nitrogens with zero attached hydrogens (tertiary/aromatic N) is 4. The fourth-order valence-corrected chi connectivity index (χ4v) is 1.08. The van der Waals surface area contributed by atoms with E-state index in [1.807, 2.05) is 6.92 Å². The molecule has 0 saturated carbocycles. The van der Waals surface area contributed by atoms with Crippen molar-refractivity contribution in [3.63, 3.8) is 0 Å². The van der Waals surface area contributed by atoms with E-state index in [0.29, 0.717) is 11.8 Å². The summed E-state index contributed by atoms with van der Waals surface area (Å²) >= 11 is 5.84. The highest BCUT2D eigenvalue weighted by atomic mass is 35.5. The maximum Gasteiger partial charge on any atom is 0.243 e. The second kappa shape index (κ2) is 3.91. The summed E-state index contributed by atoms with van der Waals surface area (Å²) in [4.78, 5) is 0. The number of aryl methyl sites for hydroxylation is 1. The van der Waals surface area contributed by atoms with E-state index in [1.54, 1.807) is 11.7 Å². The molecule has 0 fully saturated rings. The summed E-state index contributed by atoms with van der Waals surface area (Å²) < 4.78 is 1.58. The Kier molecular flexibility index (Phi) is 3.08. The summed E-state index contributed by atoms with van der Waals surface area (Å²) in [5, 5.41) is 14.3. The van der Waals surface area contributed by atoms with Crippen LogP contribution < -0.4 is 5.32 Å². The van der Waals surface area contributed by atoms with Gasteiger partial charge in [0, 0.05) is 12.9 Å². The Morgan fingerprint density at radius 2 is 2.31 bits per heavy atom. The van der Waals surface area contributed by atoms with Gasteiger partial charge >= 0.3 is 0 Å². The number of hydrogen-bond donors (Lipinski definition) is 1. The van der Waals surface area contributed by atoms with Crippen LogP contribution in [0.25, 0.3) is 0 Å². The third-order valence-corrected chi connectivity index (χ3v) is 2.70. The Hall–Kier alpha value is -0.840. The van der Waals surface area contributed by atoms with Gasteiger partial charge < -0.3 is 5.32 Å². The van der Waals surface area contributed by atoms with E-state index in [1.165, 1.54) is 0 Å². The molecule has 74 valence electrons. The smallest absolute Gasteiger partial charge is 0.243 e. The molecule has 0 saturated heterocycles. The van der Waals surface area contributed by atoms with Gasteiger partial charge in [-0.3, -0.25) is 0 Å². The molecule has 1 aromatic heterocycles. The van der Waals surface area contributed by atoms with Crippen LogP contribution in [0.3, 0.4) is 0 Å². The average molecular weight is 204 g/mol. The fourth-order valence-electron chi connectivity index (χ4n) is 0.822. The lowest BCUT2D eigenvalue weighted by Gasteiger charge is -2.26. The van der Waals surface area contributed by atoms with E-state index < -0.39 is 0 Å². The van der Waals surface area contributed by atoms with Crippen LogP contribution in [0.5, 0.6) is 0 Å². The van der Waals surface area contributed by atoms with Crippen LogP contribution in [-0.4, -0.2) is 31.6 Å². The normalized spacial score (nSPS) is 15.4. The molecule has 6 heteroatoms. The van der Waals surface area contributed by atoms with Gasteiger partial charge in [0.15, 0.2) is 0 Å². The first-order chi connectivity index (χ1) is 6.11. The summed E-state index contributed by atoms with van der Waals surface area (Å²) in [7, 11) is 1.78.